The van der Waals surface area contributed by atoms with Crippen molar-refractivity contribution in [3.8, 4) is 12.3 Å². The second kappa shape index (κ2) is 3.02. The average molecular weight is 137 g/mol. The third-order valence-electron chi connectivity index (χ3n) is 1.12. The lowest BCUT2D eigenvalue weighted by Gasteiger charge is -1.96. The van der Waals surface area contributed by atoms with Crippen LogP contribution in [0.15, 0.2) is 4.99 Å². The van der Waals surface area contributed by atoms with E-state index in [4.69, 9.17) is 11.2 Å². The fourth-order valence-electron chi connectivity index (χ4n) is 0.694. The van der Waals surface area contributed by atoms with Crippen LogP contribution in [0.3, 0.4) is 0 Å². The summed E-state index contributed by atoms with van der Waals surface area (Å²) >= 11 is 0. The summed E-state index contributed by atoms with van der Waals surface area (Å²) in [6.07, 6.45) is 5.98. The lowest BCUT2D eigenvalue weighted by atomic mass is 10.3. The molecule has 1 heterocycles. The van der Waals surface area contributed by atoms with E-state index in [1.807, 2.05) is 0 Å². The molecule has 3 heteroatoms. The van der Waals surface area contributed by atoms with Gasteiger partial charge in [-0.2, -0.15) is 4.99 Å². The fraction of sp³-hybridized carbons (Fsp3) is 0.429. The highest BCUT2D eigenvalue weighted by atomic mass is 16.5. The molecule has 1 aliphatic rings. The second-order valence-electron chi connectivity index (χ2n) is 1.89. The number of carbonyl (C=O) groups is 1. The molecular weight excluding hydrogens is 130 g/mol. The normalized spacial score (nSPS) is 16.3. The van der Waals surface area contributed by atoms with Gasteiger partial charge >= 0.3 is 0 Å². The molecule has 0 unspecified atom stereocenters. The van der Waals surface area contributed by atoms with Crippen molar-refractivity contribution < 1.29 is 9.53 Å². The molecule has 0 aromatic rings. The van der Waals surface area contributed by atoms with Crippen molar-refractivity contribution >= 4 is 11.8 Å². The van der Waals surface area contributed by atoms with Gasteiger partial charge in [0.1, 0.15) is 6.61 Å². The molecule has 0 aromatic carbocycles. The highest BCUT2D eigenvalue weighted by Gasteiger charge is 2.13. The number of amides is 1. The topological polar surface area (TPSA) is 38.7 Å². The van der Waals surface area contributed by atoms with Crippen LogP contribution in [0.4, 0.5) is 0 Å². The molecule has 1 aliphatic heterocycles. The first kappa shape index (κ1) is 6.81. The molecule has 0 fully saturated rings. The number of ether oxygens (including phenoxy) is 1. The molecule has 0 aromatic heterocycles. The predicted octanol–water partition coefficient (Wildman–Crippen LogP) is 0.355. The Labute approximate surface area is 59.1 Å². The summed E-state index contributed by atoms with van der Waals surface area (Å²) in [5.41, 5.74) is 0. The van der Waals surface area contributed by atoms with Gasteiger partial charge < -0.3 is 4.74 Å². The van der Waals surface area contributed by atoms with Gasteiger partial charge in [-0.1, -0.05) is 5.92 Å². The van der Waals surface area contributed by atoms with Gasteiger partial charge in [0.15, 0.2) is 5.90 Å². The van der Waals surface area contributed by atoms with Crippen molar-refractivity contribution in [2.75, 3.05) is 6.61 Å². The summed E-state index contributed by atoms with van der Waals surface area (Å²) < 4.78 is 4.92. The van der Waals surface area contributed by atoms with Crippen molar-refractivity contribution in [3.63, 3.8) is 0 Å². The van der Waals surface area contributed by atoms with Gasteiger partial charge in [-0.05, 0) is 0 Å². The van der Waals surface area contributed by atoms with Gasteiger partial charge in [-0.15, -0.1) is 6.42 Å². The number of hydrogen-bond donors (Lipinski definition) is 0. The SMILES string of the molecule is C#CCOC1=NC(=O)CC1. The Morgan fingerprint density at radius 2 is 2.50 bits per heavy atom. The molecule has 1 rings (SSSR count). The van der Waals surface area contributed by atoms with Crippen LogP contribution in [0.5, 0.6) is 0 Å². The van der Waals surface area contributed by atoms with E-state index in [9.17, 15) is 4.79 Å². The number of rotatable bonds is 1. The Morgan fingerprint density at radius 1 is 1.70 bits per heavy atom. The van der Waals surface area contributed by atoms with E-state index in [-0.39, 0.29) is 12.5 Å². The molecule has 0 bridgehead atoms. The zero-order valence-corrected chi connectivity index (χ0v) is 5.46. The molecule has 0 spiro atoms. The Hall–Kier alpha value is -1.30. The summed E-state index contributed by atoms with van der Waals surface area (Å²) in [7, 11) is 0. The number of hydrogen-bond acceptors (Lipinski definition) is 2. The van der Waals surface area contributed by atoms with Crippen LogP contribution in [0, 0.1) is 12.3 Å². The Morgan fingerprint density at radius 3 is 3.00 bits per heavy atom. The summed E-state index contributed by atoms with van der Waals surface area (Å²) in [6, 6.07) is 0. The standard InChI is InChI=1S/C7H7NO2/c1-2-5-10-7-4-3-6(9)8-7/h1H,3-5H2. The molecule has 1 amide bonds. The molecule has 3 nitrogen and oxygen atoms in total. The molecule has 52 valence electrons. The van der Waals surface area contributed by atoms with Crippen LogP contribution in [-0.2, 0) is 9.53 Å². The van der Waals surface area contributed by atoms with Crippen LogP contribution >= 0.6 is 0 Å². The molecular formula is C7H7NO2. The number of carbonyl (C=O) groups excluding carboxylic acids is 1. The number of nitrogens with zero attached hydrogens (tertiary/aromatic N) is 1. The fourth-order valence-corrected chi connectivity index (χ4v) is 0.694. The summed E-state index contributed by atoms with van der Waals surface area (Å²) in [4.78, 5) is 14.1. The number of terminal acetylenes is 1. The van der Waals surface area contributed by atoms with Gasteiger partial charge in [0, 0.05) is 12.8 Å². The predicted molar refractivity (Wildman–Crippen MR) is 36.5 cm³/mol. The van der Waals surface area contributed by atoms with Crippen LogP contribution in [0.1, 0.15) is 12.8 Å². The molecule has 0 saturated heterocycles. The largest absolute Gasteiger partial charge is 0.468 e. The molecule has 0 atom stereocenters. The number of aliphatic imine (C=N–C) groups is 1. The summed E-state index contributed by atoms with van der Waals surface area (Å²) in [5.74, 6) is 2.65. The quantitative estimate of drug-likeness (QED) is 0.489. The Kier molecular flexibility index (Phi) is 2.06. The highest BCUT2D eigenvalue weighted by molar-refractivity contribution is 5.98. The van der Waals surface area contributed by atoms with Crippen molar-refractivity contribution in [1.82, 2.24) is 0 Å². The van der Waals surface area contributed by atoms with Crippen molar-refractivity contribution in [3.05, 3.63) is 0 Å². The first-order valence-electron chi connectivity index (χ1n) is 2.99. The van der Waals surface area contributed by atoms with Crippen LogP contribution in [0.25, 0.3) is 0 Å². The highest BCUT2D eigenvalue weighted by Crippen LogP contribution is 2.05. The van der Waals surface area contributed by atoms with E-state index in [0.29, 0.717) is 18.7 Å². The van der Waals surface area contributed by atoms with E-state index < -0.39 is 0 Å². The smallest absolute Gasteiger partial charge is 0.249 e. The van der Waals surface area contributed by atoms with Gasteiger partial charge in [-0.3, -0.25) is 4.79 Å². The van der Waals surface area contributed by atoms with Crippen LogP contribution in [0.2, 0.25) is 0 Å². The van der Waals surface area contributed by atoms with Crippen molar-refractivity contribution in [2.24, 2.45) is 4.99 Å². The molecule has 0 aliphatic carbocycles. The minimum Gasteiger partial charge on any atom is -0.468 e. The Bertz CT molecular complexity index is 212. The van der Waals surface area contributed by atoms with Gasteiger partial charge in [0.05, 0.1) is 0 Å². The van der Waals surface area contributed by atoms with E-state index in [1.165, 1.54) is 0 Å². The monoisotopic (exact) mass is 137 g/mol. The van der Waals surface area contributed by atoms with E-state index in [2.05, 4.69) is 10.9 Å². The maximum absolute atomic E-state index is 10.5. The van der Waals surface area contributed by atoms with Crippen molar-refractivity contribution in [1.29, 1.82) is 0 Å². The Balaban J connectivity index is 2.37. The molecule has 0 radical (unpaired) electrons. The van der Waals surface area contributed by atoms with Crippen LogP contribution < -0.4 is 0 Å². The third kappa shape index (κ3) is 1.59. The lowest BCUT2D eigenvalue weighted by molar-refractivity contribution is -0.117. The minimum absolute atomic E-state index is 0.118. The minimum atomic E-state index is -0.118. The van der Waals surface area contributed by atoms with E-state index in [1.54, 1.807) is 0 Å². The summed E-state index contributed by atoms with van der Waals surface area (Å²) in [6.45, 7) is 0.201. The molecule has 10 heavy (non-hydrogen) atoms. The second-order valence-corrected chi connectivity index (χ2v) is 1.89. The van der Waals surface area contributed by atoms with E-state index >= 15 is 0 Å². The van der Waals surface area contributed by atoms with Crippen molar-refractivity contribution in [2.45, 2.75) is 12.8 Å². The average Bonchev–Trinajstić information content (AvgIpc) is 2.31. The summed E-state index contributed by atoms with van der Waals surface area (Å²) in [5, 5.41) is 0. The van der Waals surface area contributed by atoms with E-state index in [0.717, 1.165) is 0 Å². The lowest BCUT2D eigenvalue weighted by Crippen LogP contribution is -2.00. The zero-order valence-electron chi connectivity index (χ0n) is 5.46. The first-order chi connectivity index (χ1) is 4.83. The maximum atomic E-state index is 10.5. The maximum Gasteiger partial charge on any atom is 0.249 e. The van der Waals surface area contributed by atoms with Gasteiger partial charge in [0.2, 0.25) is 5.91 Å². The van der Waals surface area contributed by atoms with Gasteiger partial charge in [-0.25, -0.2) is 0 Å². The van der Waals surface area contributed by atoms with Crippen LogP contribution in [-0.4, -0.2) is 18.4 Å². The molecule has 0 saturated carbocycles. The zero-order chi connectivity index (χ0) is 7.40. The third-order valence-corrected chi connectivity index (χ3v) is 1.12. The molecule has 0 N–H and O–H groups in total. The first-order valence-corrected chi connectivity index (χ1v) is 2.99. The van der Waals surface area contributed by atoms with Gasteiger partial charge in [0.25, 0.3) is 0 Å².